The summed E-state index contributed by atoms with van der Waals surface area (Å²) in [4.78, 5) is 5.44. The van der Waals surface area contributed by atoms with Crippen LogP contribution in [0.1, 0.15) is 17.7 Å². The lowest BCUT2D eigenvalue weighted by atomic mass is 10.1. The summed E-state index contributed by atoms with van der Waals surface area (Å²) in [5.74, 6) is 0.852. The maximum atomic E-state index is 10.1. The molecule has 21 heavy (non-hydrogen) atoms. The Balaban J connectivity index is 1.48. The van der Waals surface area contributed by atoms with E-state index in [1.807, 2.05) is 53.4 Å². The quantitative estimate of drug-likeness (QED) is 0.761. The number of aliphatic hydroxyl groups is 1. The Labute approximate surface area is 127 Å². The number of hydrogen-bond acceptors (Lipinski definition) is 4. The summed E-state index contributed by atoms with van der Waals surface area (Å²) in [7, 11) is 0. The molecule has 0 aliphatic heterocycles. The third-order valence-electron chi connectivity index (χ3n) is 3.30. The van der Waals surface area contributed by atoms with Gasteiger partial charge in [-0.05, 0) is 24.6 Å². The number of aromatic nitrogens is 2. The molecule has 0 aliphatic rings. The molecule has 0 fully saturated rings. The van der Waals surface area contributed by atoms with Crippen LogP contribution in [0.15, 0.2) is 42.0 Å². The highest BCUT2D eigenvalue weighted by Gasteiger charge is 2.10. The van der Waals surface area contributed by atoms with E-state index in [4.69, 9.17) is 4.74 Å². The molecular formula is C16H18N2O2S. The van der Waals surface area contributed by atoms with Crippen LogP contribution < -0.4 is 4.74 Å². The molecule has 0 radical (unpaired) electrons. The zero-order valence-corrected chi connectivity index (χ0v) is 12.7. The van der Waals surface area contributed by atoms with E-state index in [-0.39, 0.29) is 0 Å². The molecule has 0 aliphatic carbocycles. The fraction of sp³-hybridized carbons (Fsp3) is 0.312. The number of hydrogen-bond donors (Lipinski definition) is 1. The smallest absolute Gasteiger partial charge is 0.193 e. The Bertz CT molecular complexity index is 691. The van der Waals surface area contributed by atoms with Crippen molar-refractivity contribution in [3.05, 3.63) is 53.3 Å². The lowest BCUT2D eigenvalue weighted by Gasteiger charge is -2.10. The van der Waals surface area contributed by atoms with Gasteiger partial charge in [-0.1, -0.05) is 12.1 Å². The highest BCUT2D eigenvalue weighted by atomic mass is 32.1. The van der Waals surface area contributed by atoms with E-state index < -0.39 is 6.10 Å². The van der Waals surface area contributed by atoms with E-state index in [0.717, 1.165) is 16.4 Å². The monoisotopic (exact) mass is 302 g/mol. The van der Waals surface area contributed by atoms with Crippen molar-refractivity contribution in [2.45, 2.75) is 25.9 Å². The molecule has 4 nitrogen and oxygen atoms in total. The van der Waals surface area contributed by atoms with Crippen molar-refractivity contribution in [2.24, 2.45) is 0 Å². The van der Waals surface area contributed by atoms with Crippen LogP contribution in [0.4, 0.5) is 0 Å². The first-order valence-electron chi connectivity index (χ1n) is 6.99. The molecule has 3 rings (SSSR count). The average molecular weight is 302 g/mol. The molecule has 1 atom stereocenters. The van der Waals surface area contributed by atoms with Crippen molar-refractivity contribution in [1.29, 1.82) is 0 Å². The van der Waals surface area contributed by atoms with Crippen molar-refractivity contribution in [3.8, 4) is 5.75 Å². The van der Waals surface area contributed by atoms with Crippen LogP contribution in [0.25, 0.3) is 4.96 Å². The number of nitrogens with zero attached hydrogens (tertiary/aromatic N) is 2. The molecule has 3 aromatic rings. The van der Waals surface area contributed by atoms with Crippen LogP contribution in [-0.2, 0) is 6.42 Å². The summed E-state index contributed by atoms with van der Waals surface area (Å²) in [5, 5.41) is 12.1. The van der Waals surface area contributed by atoms with Crippen molar-refractivity contribution >= 4 is 16.3 Å². The van der Waals surface area contributed by atoms with E-state index in [1.165, 1.54) is 5.56 Å². The predicted molar refractivity (Wildman–Crippen MR) is 84.1 cm³/mol. The Kier molecular flexibility index (Phi) is 4.22. The lowest BCUT2D eigenvalue weighted by Crippen LogP contribution is -2.15. The first kappa shape index (κ1) is 14.1. The van der Waals surface area contributed by atoms with Crippen molar-refractivity contribution in [3.63, 3.8) is 0 Å². The lowest BCUT2D eigenvalue weighted by molar-refractivity contribution is 0.138. The van der Waals surface area contributed by atoms with Gasteiger partial charge in [0, 0.05) is 30.6 Å². The zero-order valence-electron chi connectivity index (χ0n) is 11.9. The van der Waals surface area contributed by atoms with Gasteiger partial charge >= 0.3 is 0 Å². The van der Waals surface area contributed by atoms with Crippen LogP contribution in [0.5, 0.6) is 5.75 Å². The topological polar surface area (TPSA) is 46.8 Å². The second-order valence-electron chi connectivity index (χ2n) is 5.14. The number of imidazole rings is 1. The Morgan fingerprint density at radius 3 is 3.14 bits per heavy atom. The summed E-state index contributed by atoms with van der Waals surface area (Å²) in [6, 6.07) is 7.93. The summed E-state index contributed by atoms with van der Waals surface area (Å²) in [5.41, 5.74) is 2.09. The van der Waals surface area contributed by atoms with Gasteiger partial charge in [0.1, 0.15) is 5.75 Å². The van der Waals surface area contributed by atoms with Gasteiger partial charge in [-0.3, -0.25) is 4.40 Å². The first-order valence-corrected chi connectivity index (χ1v) is 7.87. The summed E-state index contributed by atoms with van der Waals surface area (Å²) in [6.07, 6.45) is 4.67. The highest BCUT2D eigenvalue weighted by molar-refractivity contribution is 7.15. The summed E-state index contributed by atoms with van der Waals surface area (Å²) < 4.78 is 7.64. The third-order valence-corrected chi connectivity index (χ3v) is 4.07. The van der Waals surface area contributed by atoms with E-state index in [0.29, 0.717) is 19.4 Å². The molecule has 0 spiro atoms. The zero-order chi connectivity index (χ0) is 14.7. The molecular weight excluding hydrogens is 284 g/mol. The van der Waals surface area contributed by atoms with E-state index in [2.05, 4.69) is 4.98 Å². The number of ether oxygens (including phenoxy) is 1. The number of benzene rings is 1. The van der Waals surface area contributed by atoms with Gasteiger partial charge in [0.25, 0.3) is 0 Å². The Morgan fingerprint density at radius 2 is 2.33 bits per heavy atom. The first-order chi connectivity index (χ1) is 10.2. The largest absolute Gasteiger partial charge is 0.493 e. The molecule has 0 saturated carbocycles. The maximum Gasteiger partial charge on any atom is 0.193 e. The highest BCUT2D eigenvalue weighted by Crippen LogP contribution is 2.15. The van der Waals surface area contributed by atoms with E-state index >= 15 is 0 Å². The fourth-order valence-electron chi connectivity index (χ4n) is 2.24. The molecule has 1 unspecified atom stereocenters. The number of rotatable bonds is 6. The number of aliphatic hydroxyl groups excluding tert-OH is 1. The average Bonchev–Trinajstić information content (AvgIpc) is 2.99. The minimum atomic E-state index is -0.431. The summed E-state index contributed by atoms with van der Waals surface area (Å²) in [6.45, 7) is 2.54. The molecule has 1 N–H and O–H groups in total. The van der Waals surface area contributed by atoms with Gasteiger partial charge in [-0.2, -0.15) is 0 Å². The molecule has 1 aromatic carbocycles. The van der Waals surface area contributed by atoms with Crippen LogP contribution in [-0.4, -0.2) is 27.2 Å². The van der Waals surface area contributed by atoms with Gasteiger partial charge in [0.2, 0.25) is 0 Å². The molecule has 110 valence electrons. The van der Waals surface area contributed by atoms with Gasteiger partial charge in [0.05, 0.1) is 18.4 Å². The van der Waals surface area contributed by atoms with E-state index in [1.54, 1.807) is 11.3 Å². The molecule has 5 heteroatoms. The summed E-state index contributed by atoms with van der Waals surface area (Å²) >= 11 is 1.60. The van der Waals surface area contributed by atoms with Gasteiger partial charge in [0.15, 0.2) is 4.96 Å². The molecule has 2 heterocycles. The SMILES string of the molecule is Cc1cccc(OCCC(O)Cc2cn3ccsc3n2)c1. The fourth-order valence-corrected chi connectivity index (χ4v) is 2.95. The van der Waals surface area contributed by atoms with Crippen molar-refractivity contribution in [2.75, 3.05) is 6.61 Å². The standard InChI is InChI=1S/C16H18N2O2S/c1-12-3-2-4-15(9-12)20-7-5-14(19)10-13-11-18-6-8-21-16(18)17-13/h2-4,6,8-9,11,14,19H,5,7,10H2,1H3. The minimum Gasteiger partial charge on any atom is -0.493 e. The van der Waals surface area contributed by atoms with E-state index in [9.17, 15) is 5.11 Å². The van der Waals surface area contributed by atoms with Crippen molar-refractivity contribution in [1.82, 2.24) is 9.38 Å². The molecule has 0 bridgehead atoms. The molecule has 0 amide bonds. The third kappa shape index (κ3) is 3.62. The van der Waals surface area contributed by atoms with Crippen LogP contribution in [0, 0.1) is 6.92 Å². The van der Waals surface area contributed by atoms with Gasteiger partial charge < -0.3 is 9.84 Å². The maximum absolute atomic E-state index is 10.1. The molecule has 0 saturated heterocycles. The number of aryl methyl sites for hydroxylation is 1. The van der Waals surface area contributed by atoms with Gasteiger partial charge in [-0.25, -0.2) is 4.98 Å². The number of fused-ring (bicyclic) bond motifs is 1. The Hall–Kier alpha value is -1.85. The minimum absolute atomic E-state index is 0.431. The van der Waals surface area contributed by atoms with Crippen molar-refractivity contribution < 1.29 is 9.84 Å². The second kappa shape index (κ2) is 6.28. The molecule has 2 aromatic heterocycles. The van der Waals surface area contributed by atoms with Crippen LogP contribution in [0.3, 0.4) is 0 Å². The normalized spacial score (nSPS) is 12.7. The van der Waals surface area contributed by atoms with Gasteiger partial charge in [-0.15, -0.1) is 11.3 Å². The van der Waals surface area contributed by atoms with Crippen LogP contribution >= 0.6 is 11.3 Å². The van der Waals surface area contributed by atoms with Crippen LogP contribution in [0.2, 0.25) is 0 Å². The predicted octanol–water partition coefficient (Wildman–Crippen LogP) is 3.08. The number of thiazole rings is 1. The second-order valence-corrected chi connectivity index (χ2v) is 6.01. The Morgan fingerprint density at radius 1 is 1.43 bits per heavy atom.